The number of piperidine rings is 2. The second-order valence-electron chi connectivity index (χ2n) is 7.75. The first kappa shape index (κ1) is 21.0. The van der Waals surface area contributed by atoms with E-state index in [1.54, 1.807) is 0 Å². The minimum Gasteiger partial charge on any atom is -0.469 e. The highest BCUT2D eigenvalue weighted by Gasteiger charge is 2.26. The van der Waals surface area contributed by atoms with Gasteiger partial charge < -0.3 is 19.9 Å². The Labute approximate surface area is 159 Å². The Balaban J connectivity index is 1.68. The summed E-state index contributed by atoms with van der Waals surface area (Å²) < 4.78 is 4.87. The van der Waals surface area contributed by atoms with Gasteiger partial charge in [-0.1, -0.05) is 6.92 Å². The number of carbonyl (C=O) groups excluding carboxylic acids is 1. The molecular formula is C20H38N4O2. The zero-order valence-corrected chi connectivity index (χ0v) is 17.0. The number of esters is 1. The summed E-state index contributed by atoms with van der Waals surface area (Å²) in [7, 11) is 1.48. The van der Waals surface area contributed by atoms with Crippen molar-refractivity contribution in [1.82, 2.24) is 15.1 Å². The number of ether oxygens (including phenoxy) is 1. The van der Waals surface area contributed by atoms with Crippen molar-refractivity contribution < 1.29 is 9.53 Å². The molecule has 2 heterocycles. The summed E-state index contributed by atoms with van der Waals surface area (Å²) in [5.74, 6) is 1.88. The number of likely N-dealkylation sites (tertiary alicyclic amines) is 2. The van der Waals surface area contributed by atoms with Crippen LogP contribution in [0.4, 0.5) is 0 Å². The van der Waals surface area contributed by atoms with Gasteiger partial charge in [0.2, 0.25) is 0 Å². The second-order valence-corrected chi connectivity index (χ2v) is 7.75. The quantitative estimate of drug-likeness (QED) is 0.324. The maximum Gasteiger partial charge on any atom is 0.308 e. The molecule has 0 amide bonds. The van der Waals surface area contributed by atoms with Gasteiger partial charge in [-0.2, -0.15) is 0 Å². The van der Waals surface area contributed by atoms with E-state index in [4.69, 9.17) is 9.73 Å². The summed E-state index contributed by atoms with van der Waals surface area (Å²) in [5, 5.41) is 3.40. The second kappa shape index (κ2) is 11.4. The van der Waals surface area contributed by atoms with E-state index >= 15 is 0 Å². The zero-order chi connectivity index (χ0) is 18.8. The Hall–Kier alpha value is -1.30. The number of nitrogens with zero attached hydrogens (tertiary/aromatic N) is 3. The van der Waals surface area contributed by atoms with Crippen molar-refractivity contribution in [3.8, 4) is 0 Å². The van der Waals surface area contributed by atoms with Gasteiger partial charge in [0.1, 0.15) is 0 Å². The molecule has 2 saturated heterocycles. The summed E-state index contributed by atoms with van der Waals surface area (Å²) >= 11 is 0. The lowest BCUT2D eigenvalue weighted by Gasteiger charge is -2.33. The average molecular weight is 367 g/mol. The number of nitrogens with one attached hydrogen (secondary N) is 1. The van der Waals surface area contributed by atoms with Gasteiger partial charge in [-0.25, -0.2) is 0 Å². The minimum absolute atomic E-state index is 0.0476. The molecule has 0 aliphatic carbocycles. The number of methoxy groups -OCH3 is 1. The third kappa shape index (κ3) is 6.78. The van der Waals surface area contributed by atoms with Crippen LogP contribution in [0.15, 0.2) is 4.99 Å². The molecule has 150 valence electrons. The number of aliphatic imine (C=N–C) groups is 1. The predicted molar refractivity (Wildman–Crippen MR) is 106 cm³/mol. The topological polar surface area (TPSA) is 57.2 Å². The summed E-state index contributed by atoms with van der Waals surface area (Å²) in [6, 6.07) is 0. The zero-order valence-electron chi connectivity index (χ0n) is 17.0. The number of unbranched alkanes of at least 4 members (excludes halogenated alkanes) is 1. The molecule has 0 aromatic heterocycles. The average Bonchev–Trinajstić information content (AvgIpc) is 2.68. The van der Waals surface area contributed by atoms with Crippen molar-refractivity contribution in [2.45, 2.75) is 52.4 Å². The van der Waals surface area contributed by atoms with Crippen LogP contribution in [-0.2, 0) is 9.53 Å². The molecule has 0 atom stereocenters. The number of rotatable bonds is 7. The van der Waals surface area contributed by atoms with E-state index < -0.39 is 0 Å². The highest BCUT2D eigenvalue weighted by atomic mass is 16.5. The molecular weight excluding hydrogens is 328 g/mol. The fourth-order valence-corrected chi connectivity index (χ4v) is 3.84. The van der Waals surface area contributed by atoms with E-state index in [-0.39, 0.29) is 11.9 Å². The van der Waals surface area contributed by atoms with Crippen LogP contribution in [0, 0.1) is 11.8 Å². The standard InChI is InChI=1S/C20H38N4O2/c1-4-21-20(24-15-9-18(10-16-24)19(25)26-3)22-11-5-6-12-23-13-7-17(2)8-14-23/h17-18H,4-16H2,1-3H3,(H,21,22). The van der Waals surface area contributed by atoms with E-state index in [1.165, 1.54) is 46.0 Å². The van der Waals surface area contributed by atoms with E-state index in [0.29, 0.717) is 0 Å². The van der Waals surface area contributed by atoms with Crippen molar-refractivity contribution in [3.63, 3.8) is 0 Å². The molecule has 0 bridgehead atoms. The number of hydrogen-bond acceptors (Lipinski definition) is 4. The summed E-state index contributed by atoms with van der Waals surface area (Å²) in [5.41, 5.74) is 0. The normalized spacial score (nSPS) is 21.0. The lowest BCUT2D eigenvalue weighted by molar-refractivity contribution is -0.146. The smallest absolute Gasteiger partial charge is 0.308 e. The van der Waals surface area contributed by atoms with Gasteiger partial charge in [0, 0.05) is 26.2 Å². The number of hydrogen-bond donors (Lipinski definition) is 1. The first-order valence-corrected chi connectivity index (χ1v) is 10.5. The van der Waals surface area contributed by atoms with Gasteiger partial charge in [0.15, 0.2) is 5.96 Å². The third-order valence-corrected chi connectivity index (χ3v) is 5.68. The summed E-state index contributed by atoms with van der Waals surface area (Å²) in [4.78, 5) is 21.4. The predicted octanol–water partition coefficient (Wildman–Crippen LogP) is 2.35. The molecule has 6 heteroatoms. The van der Waals surface area contributed by atoms with E-state index in [9.17, 15) is 4.79 Å². The minimum atomic E-state index is -0.0707. The molecule has 1 N–H and O–H groups in total. The van der Waals surface area contributed by atoms with Gasteiger partial charge in [-0.3, -0.25) is 9.79 Å². The molecule has 2 rings (SSSR count). The molecule has 6 nitrogen and oxygen atoms in total. The summed E-state index contributed by atoms with van der Waals surface area (Å²) in [6.45, 7) is 11.7. The van der Waals surface area contributed by atoms with Crippen LogP contribution in [-0.4, -0.2) is 74.7 Å². The number of carbonyl (C=O) groups is 1. The molecule has 26 heavy (non-hydrogen) atoms. The van der Waals surface area contributed by atoms with Crippen LogP contribution in [0.5, 0.6) is 0 Å². The number of guanidine groups is 1. The highest BCUT2D eigenvalue weighted by Crippen LogP contribution is 2.19. The Morgan fingerprint density at radius 1 is 1.12 bits per heavy atom. The summed E-state index contributed by atoms with van der Waals surface area (Å²) in [6.07, 6.45) is 6.77. The largest absolute Gasteiger partial charge is 0.469 e. The molecule has 0 aromatic carbocycles. The molecule has 2 fully saturated rings. The maximum absolute atomic E-state index is 11.7. The van der Waals surface area contributed by atoms with Gasteiger partial charge in [-0.15, -0.1) is 0 Å². The van der Waals surface area contributed by atoms with Crippen LogP contribution in [0.25, 0.3) is 0 Å². The molecule has 2 aliphatic rings. The molecule has 2 aliphatic heterocycles. The van der Waals surface area contributed by atoms with Gasteiger partial charge in [0.05, 0.1) is 13.0 Å². The lowest BCUT2D eigenvalue weighted by Crippen LogP contribution is -2.46. The SMILES string of the molecule is CCNC(=NCCCCN1CCC(C)CC1)N1CCC(C(=O)OC)CC1. The molecule has 0 radical (unpaired) electrons. The first-order valence-electron chi connectivity index (χ1n) is 10.5. The molecule has 0 aromatic rings. The molecule has 0 spiro atoms. The van der Waals surface area contributed by atoms with Crippen molar-refractivity contribution in [2.24, 2.45) is 16.8 Å². The van der Waals surface area contributed by atoms with Crippen LogP contribution in [0.2, 0.25) is 0 Å². The Morgan fingerprint density at radius 3 is 2.42 bits per heavy atom. The van der Waals surface area contributed by atoms with Crippen molar-refractivity contribution in [3.05, 3.63) is 0 Å². The maximum atomic E-state index is 11.7. The van der Waals surface area contributed by atoms with Gasteiger partial charge in [0.25, 0.3) is 0 Å². The fraction of sp³-hybridized carbons (Fsp3) is 0.900. The van der Waals surface area contributed by atoms with E-state index in [2.05, 4.69) is 29.0 Å². The lowest BCUT2D eigenvalue weighted by atomic mass is 9.97. The van der Waals surface area contributed by atoms with E-state index in [0.717, 1.165) is 57.3 Å². The Bertz CT molecular complexity index is 439. The fourth-order valence-electron chi connectivity index (χ4n) is 3.84. The highest BCUT2D eigenvalue weighted by molar-refractivity contribution is 5.80. The van der Waals surface area contributed by atoms with Crippen LogP contribution in [0.1, 0.15) is 52.4 Å². The van der Waals surface area contributed by atoms with Gasteiger partial charge in [-0.05, 0) is 71.0 Å². The van der Waals surface area contributed by atoms with Crippen LogP contribution in [0.3, 0.4) is 0 Å². The van der Waals surface area contributed by atoms with Crippen LogP contribution < -0.4 is 5.32 Å². The van der Waals surface area contributed by atoms with Crippen molar-refractivity contribution in [2.75, 3.05) is 52.9 Å². The first-order chi connectivity index (χ1) is 12.6. The van der Waals surface area contributed by atoms with Crippen molar-refractivity contribution in [1.29, 1.82) is 0 Å². The monoisotopic (exact) mass is 366 g/mol. The Kier molecular flexibility index (Phi) is 9.23. The van der Waals surface area contributed by atoms with Crippen LogP contribution >= 0.6 is 0 Å². The molecule has 0 unspecified atom stereocenters. The Morgan fingerprint density at radius 2 is 1.81 bits per heavy atom. The molecule has 0 saturated carbocycles. The van der Waals surface area contributed by atoms with Gasteiger partial charge >= 0.3 is 5.97 Å². The third-order valence-electron chi connectivity index (χ3n) is 5.68. The van der Waals surface area contributed by atoms with E-state index in [1.807, 2.05) is 0 Å². The van der Waals surface area contributed by atoms with Crippen molar-refractivity contribution >= 4 is 11.9 Å².